The van der Waals surface area contributed by atoms with Crippen LogP contribution >= 0.6 is 0 Å². The Balaban J connectivity index is 0.0000212. The van der Waals surface area contributed by atoms with Crippen molar-refractivity contribution >= 4 is 11.9 Å². The summed E-state index contributed by atoms with van der Waals surface area (Å²) in [7, 11) is 0. The van der Waals surface area contributed by atoms with Crippen molar-refractivity contribution in [3.8, 4) is 0 Å². The van der Waals surface area contributed by atoms with Crippen molar-refractivity contribution in [1.29, 1.82) is 0 Å². The molecule has 266 valence electrons. The largest absolute Gasteiger partial charge is 1.00 e. The fraction of sp³-hybridized carbons (Fsp3) is 0.810. The molecule has 0 atom stereocenters. The number of carboxylic acid groups (broad SMARTS) is 1. The molecule has 0 bridgehead atoms. The van der Waals surface area contributed by atoms with E-state index in [1.165, 1.54) is 198 Å². The average molecular weight is 665 g/mol. The molecule has 5 heteroatoms. The molecule has 0 amide bonds. The smallest absolute Gasteiger partial charge is 0.545 e. The van der Waals surface area contributed by atoms with Crippen LogP contribution < -0.4 is 34.7 Å². The third-order valence-corrected chi connectivity index (χ3v) is 9.60. The quantitative estimate of drug-likeness (QED) is 0.0412. The van der Waals surface area contributed by atoms with E-state index in [1.54, 1.807) is 12.1 Å². The van der Waals surface area contributed by atoms with E-state index < -0.39 is 11.9 Å². The Morgan fingerprint density at radius 3 is 0.979 bits per heavy atom. The van der Waals surface area contributed by atoms with Gasteiger partial charge in [-0.1, -0.05) is 224 Å². The maximum atomic E-state index is 12.1. The number of carboxylic acids is 1. The monoisotopic (exact) mass is 665 g/mol. The number of benzene rings is 1. The first kappa shape index (κ1) is 46.2. The molecule has 0 heterocycles. The van der Waals surface area contributed by atoms with Gasteiger partial charge in [-0.15, -0.1) is 0 Å². The van der Waals surface area contributed by atoms with Gasteiger partial charge in [-0.2, -0.15) is 0 Å². The Hall–Kier alpha value is -0.840. The Morgan fingerprint density at radius 1 is 0.447 bits per heavy atom. The van der Waals surface area contributed by atoms with Crippen LogP contribution in [-0.4, -0.2) is 18.5 Å². The number of hydrogen-bond donors (Lipinski definition) is 0. The van der Waals surface area contributed by atoms with E-state index in [9.17, 15) is 14.7 Å². The van der Waals surface area contributed by atoms with Crippen LogP contribution in [0.3, 0.4) is 0 Å². The Bertz CT molecular complexity index is 827. The van der Waals surface area contributed by atoms with Gasteiger partial charge in [0, 0.05) is 5.56 Å². The first-order chi connectivity index (χ1) is 22.7. The van der Waals surface area contributed by atoms with Gasteiger partial charge in [0.2, 0.25) is 0 Å². The molecule has 0 aromatic heterocycles. The normalized spacial score (nSPS) is 11.0. The van der Waals surface area contributed by atoms with E-state index in [4.69, 9.17) is 4.74 Å². The molecule has 1 rings (SSSR count). The third kappa shape index (κ3) is 29.8. The fourth-order valence-corrected chi connectivity index (χ4v) is 6.56. The Labute approximate surface area is 313 Å². The molecule has 1 aromatic rings. The van der Waals surface area contributed by atoms with Crippen molar-refractivity contribution in [3.63, 3.8) is 0 Å². The average Bonchev–Trinajstić information content (AvgIpc) is 3.06. The molecule has 0 N–H and O–H groups in total. The summed E-state index contributed by atoms with van der Waals surface area (Å²) in [5.41, 5.74) is -0.0445. The zero-order valence-electron chi connectivity index (χ0n) is 31.3. The van der Waals surface area contributed by atoms with Gasteiger partial charge >= 0.3 is 35.5 Å². The van der Waals surface area contributed by atoms with Crippen LogP contribution in [0.2, 0.25) is 0 Å². The number of unbranched alkanes of at least 4 members (excludes halogenated alkanes) is 31. The van der Waals surface area contributed by atoms with Gasteiger partial charge in [0.1, 0.15) is 0 Å². The standard InChI is InChI=1S/C42H74O4.Na/c1-2-3-4-5-6-7-8-9-10-11-12-13-14-15-16-17-18-19-20-21-22-23-24-25-26-27-28-29-30-31-32-35-38-46-42(45)40-37-34-33-36-39(40)41(43)44;/h33-34,36-37H,2-32,35,38H2,1H3,(H,43,44);/q;+1/p-1. The molecular formula is C42H73NaO4. The van der Waals surface area contributed by atoms with Crippen molar-refractivity contribution in [2.24, 2.45) is 0 Å². The predicted molar refractivity (Wildman–Crippen MR) is 194 cm³/mol. The summed E-state index contributed by atoms with van der Waals surface area (Å²) in [6, 6.07) is 6.05. The van der Waals surface area contributed by atoms with Crippen LogP contribution in [0.15, 0.2) is 24.3 Å². The van der Waals surface area contributed by atoms with Crippen LogP contribution in [0.25, 0.3) is 0 Å². The van der Waals surface area contributed by atoms with Crippen LogP contribution in [0.5, 0.6) is 0 Å². The molecule has 0 fully saturated rings. The second-order valence-corrected chi connectivity index (χ2v) is 13.9. The molecule has 0 unspecified atom stereocenters. The van der Waals surface area contributed by atoms with Crippen molar-refractivity contribution in [2.75, 3.05) is 6.61 Å². The van der Waals surface area contributed by atoms with E-state index in [2.05, 4.69) is 6.92 Å². The summed E-state index contributed by atoms with van der Waals surface area (Å²) in [5, 5.41) is 11.1. The zero-order valence-corrected chi connectivity index (χ0v) is 33.3. The third-order valence-electron chi connectivity index (χ3n) is 9.60. The molecule has 1 aromatic carbocycles. The molecule has 0 saturated heterocycles. The summed E-state index contributed by atoms with van der Waals surface area (Å²) in [5.74, 6) is -1.94. The molecule has 0 saturated carbocycles. The fourth-order valence-electron chi connectivity index (χ4n) is 6.56. The summed E-state index contributed by atoms with van der Waals surface area (Å²) in [4.78, 5) is 23.3. The predicted octanol–water partition coefficient (Wildman–Crippen LogP) is 9.71. The number of esters is 1. The van der Waals surface area contributed by atoms with E-state index in [1.807, 2.05) is 0 Å². The van der Waals surface area contributed by atoms with Crippen LogP contribution in [0.4, 0.5) is 0 Å². The minimum Gasteiger partial charge on any atom is -0.545 e. The first-order valence-corrected chi connectivity index (χ1v) is 20.1. The number of ether oxygens (including phenoxy) is 1. The molecule has 0 aliphatic carbocycles. The van der Waals surface area contributed by atoms with Gasteiger partial charge in [-0.3, -0.25) is 0 Å². The molecule has 0 aliphatic rings. The van der Waals surface area contributed by atoms with Crippen molar-refractivity contribution < 1.29 is 49.0 Å². The number of rotatable bonds is 35. The van der Waals surface area contributed by atoms with Crippen molar-refractivity contribution in [2.45, 2.75) is 212 Å². The second kappa shape index (κ2) is 36.4. The SMILES string of the molecule is CCCCCCCCCCCCCCCCCCCCCCCCCCCCCCCCCCOC(=O)c1ccccc1C(=O)[O-].[Na+]. The van der Waals surface area contributed by atoms with Crippen molar-refractivity contribution in [1.82, 2.24) is 0 Å². The number of hydrogen-bond acceptors (Lipinski definition) is 4. The van der Waals surface area contributed by atoms with Crippen LogP contribution in [-0.2, 0) is 4.74 Å². The number of carbonyl (C=O) groups excluding carboxylic acids is 2. The van der Waals surface area contributed by atoms with Gasteiger partial charge in [-0.05, 0) is 12.5 Å². The summed E-state index contributed by atoms with van der Waals surface area (Å²) in [6.07, 6.45) is 44.3. The molecule has 0 spiro atoms. The van der Waals surface area contributed by atoms with E-state index in [0.717, 1.165) is 19.3 Å². The summed E-state index contributed by atoms with van der Waals surface area (Å²) in [6.45, 7) is 2.63. The minimum atomic E-state index is -1.35. The first-order valence-electron chi connectivity index (χ1n) is 20.1. The van der Waals surface area contributed by atoms with Gasteiger partial charge in [0.15, 0.2) is 0 Å². The van der Waals surface area contributed by atoms with Gasteiger partial charge in [0.05, 0.1) is 18.1 Å². The molecule has 0 radical (unpaired) electrons. The molecule has 4 nitrogen and oxygen atoms in total. The van der Waals surface area contributed by atoms with Gasteiger partial charge < -0.3 is 14.6 Å². The van der Waals surface area contributed by atoms with E-state index in [-0.39, 0.29) is 40.7 Å². The molecule has 47 heavy (non-hydrogen) atoms. The minimum absolute atomic E-state index is 0. The van der Waals surface area contributed by atoms with E-state index >= 15 is 0 Å². The number of carbonyl (C=O) groups is 2. The maximum Gasteiger partial charge on any atom is 1.00 e. The van der Waals surface area contributed by atoms with E-state index in [0.29, 0.717) is 6.61 Å². The Morgan fingerprint density at radius 2 is 0.702 bits per heavy atom. The zero-order chi connectivity index (χ0) is 33.2. The summed E-state index contributed by atoms with van der Waals surface area (Å²) < 4.78 is 5.26. The number of aromatic carboxylic acids is 1. The molecular weight excluding hydrogens is 591 g/mol. The maximum absolute atomic E-state index is 12.1. The summed E-state index contributed by atoms with van der Waals surface area (Å²) >= 11 is 0. The Kier molecular flexibility index (Phi) is 35.8. The van der Waals surface area contributed by atoms with Gasteiger partial charge in [0.25, 0.3) is 0 Å². The van der Waals surface area contributed by atoms with Gasteiger partial charge in [-0.25, -0.2) is 4.79 Å². The van der Waals surface area contributed by atoms with Crippen molar-refractivity contribution in [3.05, 3.63) is 35.4 Å². The second-order valence-electron chi connectivity index (χ2n) is 13.9. The topological polar surface area (TPSA) is 66.4 Å². The molecule has 0 aliphatic heterocycles. The van der Waals surface area contributed by atoms with Crippen LogP contribution in [0, 0.1) is 0 Å². The van der Waals surface area contributed by atoms with Crippen LogP contribution in [0.1, 0.15) is 233 Å².